The lowest BCUT2D eigenvalue weighted by Crippen LogP contribution is -2.31. The number of benzene rings is 1. The number of aromatic nitrogens is 2. The van der Waals surface area contributed by atoms with Crippen molar-refractivity contribution in [1.82, 2.24) is 15.5 Å². The molecule has 98 valence electrons. The van der Waals surface area contributed by atoms with Crippen LogP contribution in [0.2, 0.25) is 0 Å². The van der Waals surface area contributed by atoms with E-state index in [9.17, 15) is 4.79 Å². The number of urea groups is 1. The van der Waals surface area contributed by atoms with E-state index in [1.165, 1.54) is 22.5 Å². The number of fused-ring (bicyclic) bond motifs is 1. The molecule has 1 aliphatic rings. The van der Waals surface area contributed by atoms with E-state index in [4.69, 9.17) is 0 Å². The Labute approximate surface area is 115 Å². The van der Waals surface area contributed by atoms with Crippen molar-refractivity contribution in [1.29, 1.82) is 0 Å². The van der Waals surface area contributed by atoms with Gasteiger partial charge in [0.2, 0.25) is 5.13 Å². The summed E-state index contributed by atoms with van der Waals surface area (Å²) in [6, 6.07) is 8.09. The molecule has 1 aromatic heterocycles. The smallest absolute Gasteiger partial charge is 0.321 e. The number of hydrogen-bond donors (Lipinski definition) is 2. The Bertz CT molecular complexity index is 610. The van der Waals surface area contributed by atoms with Gasteiger partial charge in [-0.3, -0.25) is 5.32 Å². The van der Waals surface area contributed by atoms with Gasteiger partial charge < -0.3 is 5.32 Å². The van der Waals surface area contributed by atoms with E-state index in [1.54, 1.807) is 0 Å². The maximum absolute atomic E-state index is 11.9. The van der Waals surface area contributed by atoms with Crippen molar-refractivity contribution in [3.63, 3.8) is 0 Å². The lowest BCUT2D eigenvalue weighted by Gasteiger charge is -2.13. The normalized spacial score (nSPS) is 17.0. The third kappa shape index (κ3) is 2.58. The Kier molecular flexibility index (Phi) is 3.16. The highest BCUT2D eigenvalue weighted by molar-refractivity contribution is 7.15. The van der Waals surface area contributed by atoms with Crippen LogP contribution in [-0.4, -0.2) is 16.2 Å². The zero-order valence-corrected chi connectivity index (χ0v) is 11.3. The fourth-order valence-electron chi connectivity index (χ4n) is 2.35. The summed E-state index contributed by atoms with van der Waals surface area (Å²) in [6.07, 6.45) is 1.96. The van der Waals surface area contributed by atoms with Crippen LogP contribution in [0, 0.1) is 6.92 Å². The van der Waals surface area contributed by atoms with Crippen LogP contribution >= 0.6 is 11.3 Å². The van der Waals surface area contributed by atoms with Crippen molar-refractivity contribution in [3.8, 4) is 0 Å². The minimum Gasteiger partial charge on any atom is -0.331 e. The first-order chi connectivity index (χ1) is 9.22. The molecule has 0 radical (unpaired) electrons. The summed E-state index contributed by atoms with van der Waals surface area (Å²) in [7, 11) is 0. The molecule has 5 nitrogen and oxygen atoms in total. The fraction of sp³-hybridized carbons (Fsp3) is 0.308. The zero-order valence-electron chi connectivity index (χ0n) is 10.5. The Morgan fingerprint density at radius 1 is 1.37 bits per heavy atom. The molecular formula is C13H14N4OS. The van der Waals surface area contributed by atoms with Crippen LogP contribution in [0.5, 0.6) is 0 Å². The number of anilines is 1. The predicted molar refractivity (Wildman–Crippen MR) is 74.3 cm³/mol. The summed E-state index contributed by atoms with van der Waals surface area (Å²) in [5.41, 5.74) is 2.53. The number of amides is 2. The molecule has 2 N–H and O–H groups in total. The SMILES string of the molecule is Cc1nnc(NC(=O)N[C@H]2CCc3ccccc32)s1. The topological polar surface area (TPSA) is 66.9 Å². The second kappa shape index (κ2) is 4.97. The molecule has 0 fully saturated rings. The fourth-order valence-corrected chi connectivity index (χ4v) is 2.93. The first kappa shape index (κ1) is 12.1. The Balaban J connectivity index is 1.65. The molecule has 0 unspecified atom stereocenters. The molecular weight excluding hydrogens is 260 g/mol. The van der Waals surface area contributed by atoms with Crippen LogP contribution in [-0.2, 0) is 6.42 Å². The number of carbonyl (C=O) groups is 1. The van der Waals surface area contributed by atoms with Gasteiger partial charge in [0.1, 0.15) is 5.01 Å². The highest BCUT2D eigenvalue weighted by Gasteiger charge is 2.23. The maximum Gasteiger partial charge on any atom is 0.321 e. The summed E-state index contributed by atoms with van der Waals surface area (Å²) in [5.74, 6) is 0. The Morgan fingerprint density at radius 2 is 2.21 bits per heavy atom. The molecule has 0 saturated heterocycles. The van der Waals surface area contributed by atoms with Gasteiger partial charge in [-0.2, -0.15) is 0 Å². The van der Waals surface area contributed by atoms with Gasteiger partial charge in [-0.1, -0.05) is 35.6 Å². The summed E-state index contributed by atoms with van der Waals surface area (Å²) < 4.78 is 0. The first-order valence-corrected chi connectivity index (χ1v) is 6.99. The average Bonchev–Trinajstić information content (AvgIpc) is 2.97. The molecule has 19 heavy (non-hydrogen) atoms. The third-order valence-electron chi connectivity index (χ3n) is 3.18. The largest absolute Gasteiger partial charge is 0.331 e. The minimum absolute atomic E-state index is 0.0882. The van der Waals surface area contributed by atoms with Crippen molar-refractivity contribution < 1.29 is 4.79 Å². The molecule has 6 heteroatoms. The number of nitrogens with zero attached hydrogens (tertiary/aromatic N) is 2. The predicted octanol–water partition coefficient (Wildman–Crippen LogP) is 2.66. The van der Waals surface area contributed by atoms with Gasteiger partial charge in [-0.25, -0.2) is 4.79 Å². The van der Waals surface area contributed by atoms with E-state index in [-0.39, 0.29) is 12.1 Å². The molecule has 1 aliphatic carbocycles. The molecule has 1 atom stereocenters. The first-order valence-electron chi connectivity index (χ1n) is 6.18. The quantitative estimate of drug-likeness (QED) is 0.884. The minimum atomic E-state index is -0.224. The summed E-state index contributed by atoms with van der Waals surface area (Å²) >= 11 is 1.37. The Morgan fingerprint density at radius 3 is 3.00 bits per heavy atom. The van der Waals surface area contributed by atoms with E-state index >= 15 is 0 Å². The van der Waals surface area contributed by atoms with Crippen LogP contribution in [0.15, 0.2) is 24.3 Å². The molecule has 0 spiro atoms. The second-order valence-electron chi connectivity index (χ2n) is 4.51. The monoisotopic (exact) mass is 274 g/mol. The molecule has 0 aliphatic heterocycles. The molecule has 2 amide bonds. The van der Waals surface area contributed by atoms with Gasteiger partial charge in [0, 0.05) is 0 Å². The molecule has 1 aromatic carbocycles. The third-order valence-corrected chi connectivity index (χ3v) is 3.94. The van der Waals surface area contributed by atoms with Crippen LogP contribution < -0.4 is 10.6 Å². The standard InChI is InChI=1S/C13H14N4OS/c1-8-16-17-13(19-8)15-12(18)14-11-7-6-9-4-2-3-5-10(9)11/h2-5,11H,6-7H2,1H3,(H2,14,15,17,18)/t11-/m0/s1. The van der Waals surface area contributed by atoms with E-state index in [0.29, 0.717) is 5.13 Å². The van der Waals surface area contributed by atoms with E-state index < -0.39 is 0 Å². The number of nitrogens with one attached hydrogen (secondary N) is 2. The molecule has 3 rings (SSSR count). The lowest BCUT2D eigenvalue weighted by molar-refractivity contribution is 0.248. The highest BCUT2D eigenvalue weighted by Crippen LogP contribution is 2.30. The van der Waals surface area contributed by atoms with E-state index in [1.807, 2.05) is 19.1 Å². The van der Waals surface area contributed by atoms with Crippen molar-refractivity contribution in [2.24, 2.45) is 0 Å². The van der Waals surface area contributed by atoms with Crippen molar-refractivity contribution >= 4 is 22.5 Å². The number of rotatable bonds is 2. The van der Waals surface area contributed by atoms with Crippen LogP contribution in [0.3, 0.4) is 0 Å². The van der Waals surface area contributed by atoms with Gasteiger partial charge >= 0.3 is 6.03 Å². The summed E-state index contributed by atoms with van der Waals surface area (Å²) in [6.45, 7) is 1.86. The van der Waals surface area contributed by atoms with E-state index in [0.717, 1.165) is 17.8 Å². The van der Waals surface area contributed by atoms with Crippen molar-refractivity contribution in [2.45, 2.75) is 25.8 Å². The van der Waals surface area contributed by atoms with Crippen LogP contribution in [0.4, 0.5) is 9.93 Å². The van der Waals surface area contributed by atoms with Gasteiger partial charge in [-0.05, 0) is 30.9 Å². The van der Waals surface area contributed by atoms with Gasteiger partial charge in [0.15, 0.2) is 0 Å². The van der Waals surface area contributed by atoms with Gasteiger partial charge in [0.05, 0.1) is 6.04 Å². The average molecular weight is 274 g/mol. The molecule has 1 heterocycles. The van der Waals surface area contributed by atoms with Crippen LogP contribution in [0.25, 0.3) is 0 Å². The molecule has 2 aromatic rings. The zero-order chi connectivity index (χ0) is 13.2. The molecule has 0 saturated carbocycles. The van der Waals surface area contributed by atoms with E-state index in [2.05, 4.69) is 33.0 Å². The maximum atomic E-state index is 11.9. The number of hydrogen-bond acceptors (Lipinski definition) is 4. The second-order valence-corrected chi connectivity index (χ2v) is 5.70. The molecule has 0 bridgehead atoms. The summed E-state index contributed by atoms with van der Waals surface area (Å²) in [4.78, 5) is 11.9. The Hall–Kier alpha value is -1.95. The van der Waals surface area contributed by atoms with Gasteiger partial charge in [-0.15, -0.1) is 10.2 Å². The number of aryl methyl sites for hydroxylation is 2. The highest BCUT2D eigenvalue weighted by atomic mass is 32.1. The lowest BCUT2D eigenvalue weighted by atomic mass is 10.1. The van der Waals surface area contributed by atoms with Crippen molar-refractivity contribution in [3.05, 3.63) is 40.4 Å². The van der Waals surface area contributed by atoms with Crippen LogP contribution in [0.1, 0.15) is 28.6 Å². The number of carbonyl (C=O) groups excluding carboxylic acids is 1. The van der Waals surface area contributed by atoms with Crippen molar-refractivity contribution in [2.75, 3.05) is 5.32 Å². The van der Waals surface area contributed by atoms with Gasteiger partial charge in [0.25, 0.3) is 0 Å². The summed E-state index contributed by atoms with van der Waals surface area (Å²) in [5, 5.41) is 14.8.